The fraction of sp³-hybridized carbons (Fsp3) is 1.00. The van der Waals surface area contributed by atoms with Crippen LogP contribution in [0.3, 0.4) is 0 Å². The quantitative estimate of drug-likeness (QED) is 0.717. The van der Waals surface area contributed by atoms with Crippen LogP contribution < -0.4 is 0 Å². The molecule has 5 nitrogen and oxygen atoms in total. The number of hydrogen-bond acceptors (Lipinski definition) is 5. The van der Waals surface area contributed by atoms with Gasteiger partial charge >= 0.3 is 0 Å². The molecule has 3 saturated heterocycles. The van der Waals surface area contributed by atoms with Crippen LogP contribution in [0.1, 0.15) is 41.0 Å². The lowest BCUT2D eigenvalue weighted by atomic mass is 9.97. The number of ether oxygens (including phenoxy) is 5. The van der Waals surface area contributed by atoms with Gasteiger partial charge in [-0.2, -0.15) is 0 Å². The molecule has 0 bridgehead atoms. The van der Waals surface area contributed by atoms with Gasteiger partial charge in [0.25, 0.3) is 0 Å². The van der Waals surface area contributed by atoms with E-state index in [0.29, 0.717) is 0 Å². The third kappa shape index (κ3) is 1.98. The average Bonchev–Trinajstić information content (AvgIpc) is 2.71. The highest BCUT2D eigenvalue weighted by Crippen LogP contribution is 2.44. The van der Waals surface area contributed by atoms with Crippen LogP contribution in [-0.2, 0) is 23.7 Å². The molecule has 0 radical (unpaired) electrons. The Bertz CT molecular complexity index is 340. The summed E-state index contributed by atoms with van der Waals surface area (Å²) in [5.74, 6) is -1.21. The van der Waals surface area contributed by atoms with E-state index in [1.54, 1.807) is 0 Å². The SMILES string of the molecule is CC[C@H]1O[C@@H]2OC(C)(C)O[C@@H]2[C@H]2OC(C)(C)O[C@H]21. The second-order valence-corrected chi connectivity index (χ2v) is 6.12. The van der Waals surface area contributed by atoms with Gasteiger partial charge in [-0.05, 0) is 34.1 Å². The smallest absolute Gasteiger partial charge is 0.190 e. The minimum absolute atomic E-state index is 0.00414. The molecule has 0 aromatic carbocycles. The standard InChI is InChI=1S/C13H22O5/c1-6-7-8-9(16-12(2,3)15-8)10-11(14-7)18-13(4,5)17-10/h7-11H,6H2,1-5H3/t7-,8+,9+,10-,11-/m1/s1. The Labute approximate surface area is 108 Å². The van der Waals surface area contributed by atoms with E-state index in [2.05, 4.69) is 6.92 Å². The summed E-state index contributed by atoms with van der Waals surface area (Å²) >= 11 is 0. The summed E-state index contributed by atoms with van der Waals surface area (Å²) in [4.78, 5) is 0. The van der Waals surface area contributed by atoms with Crippen molar-refractivity contribution in [3.05, 3.63) is 0 Å². The molecule has 0 spiro atoms. The molecule has 3 fully saturated rings. The minimum Gasteiger partial charge on any atom is -0.344 e. The molecule has 3 aliphatic rings. The molecule has 0 aliphatic carbocycles. The molecule has 3 heterocycles. The van der Waals surface area contributed by atoms with Gasteiger partial charge in [0.2, 0.25) is 0 Å². The lowest BCUT2D eigenvalue weighted by molar-refractivity contribution is -0.234. The van der Waals surface area contributed by atoms with Crippen molar-refractivity contribution >= 4 is 0 Å². The summed E-state index contributed by atoms with van der Waals surface area (Å²) in [6.07, 6.45) is 0.0937. The summed E-state index contributed by atoms with van der Waals surface area (Å²) in [7, 11) is 0. The van der Waals surface area contributed by atoms with Crippen molar-refractivity contribution in [3.63, 3.8) is 0 Å². The second-order valence-electron chi connectivity index (χ2n) is 6.12. The van der Waals surface area contributed by atoms with E-state index < -0.39 is 11.6 Å². The normalized spacial score (nSPS) is 48.8. The van der Waals surface area contributed by atoms with Crippen molar-refractivity contribution in [3.8, 4) is 0 Å². The number of hydrogen-bond donors (Lipinski definition) is 0. The van der Waals surface area contributed by atoms with Crippen LogP contribution >= 0.6 is 0 Å². The molecule has 0 aromatic rings. The first-order valence-corrected chi connectivity index (χ1v) is 6.68. The molecule has 0 saturated carbocycles. The molecule has 18 heavy (non-hydrogen) atoms. The zero-order valence-corrected chi connectivity index (χ0v) is 11.6. The van der Waals surface area contributed by atoms with Crippen molar-refractivity contribution in [2.75, 3.05) is 0 Å². The Morgan fingerprint density at radius 2 is 1.33 bits per heavy atom. The summed E-state index contributed by atoms with van der Waals surface area (Å²) < 4.78 is 29.6. The highest BCUT2D eigenvalue weighted by atomic mass is 16.9. The van der Waals surface area contributed by atoms with Crippen LogP contribution in [0.4, 0.5) is 0 Å². The maximum atomic E-state index is 5.98. The van der Waals surface area contributed by atoms with Gasteiger partial charge in [-0.15, -0.1) is 0 Å². The maximum absolute atomic E-state index is 5.98. The van der Waals surface area contributed by atoms with E-state index >= 15 is 0 Å². The zero-order valence-electron chi connectivity index (χ0n) is 11.6. The molecule has 5 atom stereocenters. The Morgan fingerprint density at radius 1 is 0.778 bits per heavy atom. The first-order chi connectivity index (χ1) is 8.31. The first-order valence-electron chi connectivity index (χ1n) is 6.68. The highest BCUT2D eigenvalue weighted by Gasteiger charge is 2.60. The van der Waals surface area contributed by atoms with Crippen LogP contribution in [-0.4, -0.2) is 42.3 Å². The molecular formula is C13H22O5. The van der Waals surface area contributed by atoms with E-state index in [1.807, 2.05) is 27.7 Å². The Morgan fingerprint density at radius 3 is 2.00 bits per heavy atom. The third-order valence-corrected chi connectivity index (χ3v) is 3.65. The molecule has 0 unspecified atom stereocenters. The predicted octanol–water partition coefficient (Wildman–Crippen LogP) is 1.79. The average molecular weight is 258 g/mol. The van der Waals surface area contributed by atoms with Crippen molar-refractivity contribution in [2.24, 2.45) is 0 Å². The van der Waals surface area contributed by atoms with E-state index in [1.165, 1.54) is 0 Å². The van der Waals surface area contributed by atoms with Crippen molar-refractivity contribution in [1.29, 1.82) is 0 Å². The summed E-state index contributed by atoms with van der Waals surface area (Å²) in [5, 5.41) is 0. The fourth-order valence-electron chi connectivity index (χ4n) is 3.02. The van der Waals surface area contributed by atoms with Gasteiger partial charge in [0, 0.05) is 0 Å². The number of fused-ring (bicyclic) bond motifs is 3. The Balaban J connectivity index is 1.86. The summed E-state index contributed by atoms with van der Waals surface area (Å²) in [5.41, 5.74) is 0. The van der Waals surface area contributed by atoms with E-state index in [9.17, 15) is 0 Å². The highest BCUT2D eigenvalue weighted by molar-refractivity contribution is 4.99. The van der Waals surface area contributed by atoms with Gasteiger partial charge in [-0.1, -0.05) is 6.92 Å². The van der Waals surface area contributed by atoms with Crippen molar-refractivity contribution < 1.29 is 23.7 Å². The van der Waals surface area contributed by atoms with E-state index in [-0.39, 0.29) is 30.7 Å². The predicted molar refractivity (Wildman–Crippen MR) is 62.8 cm³/mol. The van der Waals surface area contributed by atoms with Gasteiger partial charge in [-0.3, -0.25) is 0 Å². The lowest BCUT2D eigenvalue weighted by Gasteiger charge is -2.36. The molecule has 0 aromatic heterocycles. The van der Waals surface area contributed by atoms with Crippen LogP contribution in [0, 0.1) is 0 Å². The van der Waals surface area contributed by atoms with E-state index in [4.69, 9.17) is 23.7 Å². The maximum Gasteiger partial charge on any atom is 0.190 e. The Kier molecular flexibility index (Phi) is 2.78. The summed E-state index contributed by atoms with van der Waals surface area (Å²) in [6.45, 7) is 9.72. The molecule has 3 aliphatic heterocycles. The van der Waals surface area contributed by atoms with Crippen LogP contribution in [0.5, 0.6) is 0 Å². The van der Waals surface area contributed by atoms with Crippen LogP contribution in [0.15, 0.2) is 0 Å². The summed E-state index contributed by atoms with van der Waals surface area (Å²) in [6, 6.07) is 0. The third-order valence-electron chi connectivity index (χ3n) is 3.65. The van der Waals surface area contributed by atoms with E-state index in [0.717, 1.165) is 6.42 Å². The Hall–Kier alpha value is -0.200. The first kappa shape index (κ1) is 12.8. The van der Waals surface area contributed by atoms with Crippen LogP contribution in [0.25, 0.3) is 0 Å². The molecule has 3 rings (SSSR count). The minimum atomic E-state index is -0.626. The van der Waals surface area contributed by atoms with Gasteiger partial charge in [0.1, 0.15) is 18.3 Å². The van der Waals surface area contributed by atoms with Gasteiger partial charge < -0.3 is 23.7 Å². The van der Waals surface area contributed by atoms with Crippen molar-refractivity contribution in [2.45, 2.75) is 83.3 Å². The molecule has 0 amide bonds. The molecule has 104 valence electrons. The zero-order chi connectivity index (χ0) is 13.1. The van der Waals surface area contributed by atoms with Crippen LogP contribution in [0.2, 0.25) is 0 Å². The van der Waals surface area contributed by atoms with Gasteiger partial charge in [-0.25, -0.2) is 0 Å². The molecule has 0 N–H and O–H groups in total. The second kappa shape index (κ2) is 3.90. The lowest BCUT2D eigenvalue weighted by Crippen LogP contribution is -2.54. The molecular weight excluding hydrogens is 236 g/mol. The topological polar surface area (TPSA) is 46.2 Å². The van der Waals surface area contributed by atoms with Gasteiger partial charge in [0.05, 0.1) is 6.10 Å². The van der Waals surface area contributed by atoms with Crippen molar-refractivity contribution in [1.82, 2.24) is 0 Å². The monoisotopic (exact) mass is 258 g/mol. The van der Waals surface area contributed by atoms with Gasteiger partial charge in [0.15, 0.2) is 17.9 Å². The molecule has 5 heteroatoms. The number of rotatable bonds is 1. The largest absolute Gasteiger partial charge is 0.344 e. The fourth-order valence-corrected chi connectivity index (χ4v) is 3.02.